The molecular formula is C18H29ClN2O. The lowest BCUT2D eigenvalue weighted by Crippen LogP contribution is -2.40. The van der Waals surface area contributed by atoms with Crippen LogP contribution in [0.1, 0.15) is 49.0 Å². The topological polar surface area (TPSA) is 32.3 Å². The number of nitrogens with one attached hydrogen (secondary N) is 1. The lowest BCUT2D eigenvalue weighted by atomic mass is 9.96. The van der Waals surface area contributed by atoms with Gasteiger partial charge < -0.3 is 10.2 Å². The minimum atomic E-state index is 0. The number of hydrogen-bond acceptors (Lipinski definition) is 2. The highest BCUT2D eigenvalue weighted by atomic mass is 35.5. The monoisotopic (exact) mass is 324 g/mol. The normalized spacial score (nSPS) is 15.5. The Labute approximate surface area is 140 Å². The fourth-order valence-electron chi connectivity index (χ4n) is 2.97. The third-order valence-corrected chi connectivity index (χ3v) is 4.32. The molecule has 2 rings (SSSR count). The van der Waals surface area contributed by atoms with Gasteiger partial charge in [-0.05, 0) is 56.0 Å². The van der Waals surface area contributed by atoms with E-state index in [-0.39, 0.29) is 18.3 Å². The molecule has 3 nitrogen and oxygen atoms in total. The highest BCUT2D eigenvalue weighted by Gasteiger charge is 2.23. The smallest absolute Gasteiger partial charge is 0.253 e. The van der Waals surface area contributed by atoms with Crippen LogP contribution in [0.4, 0.5) is 0 Å². The molecule has 22 heavy (non-hydrogen) atoms. The van der Waals surface area contributed by atoms with Gasteiger partial charge in [0.05, 0.1) is 0 Å². The maximum absolute atomic E-state index is 12.5. The molecule has 0 saturated carbocycles. The van der Waals surface area contributed by atoms with Crippen LogP contribution in [0.15, 0.2) is 24.3 Å². The second-order valence-electron chi connectivity index (χ2n) is 5.99. The first-order valence-electron chi connectivity index (χ1n) is 8.33. The molecule has 1 fully saturated rings. The summed E-state index contributed by atoms with van der Waals surface area (Å²) in [4.78, 5) is 14.5. The van der Waals surface area contributed by atoms with Crippen LogP contribution in [0.2, 0.25) is 0 Å². The quantitative estimate of drug-likeness (QED) is 0.868. The number of piperidine rings is 1. The largest absolute Gasteiger partial charge is 0.339 e. The summed E-state index contributed by atoms with van der Waals surface area (Å²) in [6, 6.07) is 8.15. The van der Waals surface area contributed by atoms with E-state index in [2.05, 4.69) is 31.3 Å². The first kappa shape index (κ1) is 19.0. The molecule has 0 unspecified atom stereocenters. The summed E-state index contributed by atoms with van der Waals surface area (Å²) in [6.45, 7) is 8.22. The fourth-order valence-corrected chi connectivity index (χ4v) is 2.97. The molecule has 124 valence electrons. The molecule has 1 aromatic rings. The molecule has 0 atom stereocenters. The van der Waals surface area contributed by atoms with Crippen molar-refractivity contribution in [2.24, 2.45) is 5.92 Å². The molecule has 4 heteroatoms. The van der Waals surface area contributed by atoms with Crippen molar-refractivity contribution in [1.29, 1.82) is 0 Å². The van der Waals surface area contributed by atoms with Crippen LogP contribution in [-0.2, 0) is 6.42 Å². The highest BCUT2D eigenvalue weighted by molar-refractivity contribution is 5.94. The van der Waals surface area contributed by atoms with E-state index in [1.165, 1.54) is 5.56 Å². The molecule has 1 saturated heterocycles. The van der Waals surface area contributed by atoms with E-state index >= 15 is 0 Å². The number of hydrogen-bond donors (Lipinski definition) is 1. The lowest BCUT2D eigenvalue weighted by Gasteiger charge is -2.32. The standard InChI is InChI=1S/C18H28N2O.ClH/c1-3-5-15-6-8-17(9-7-15)18(21)20-12-10-16(11-13-20)14-19-4-2;/h6-9,16,19H,3-5,10-14H2,1-2H3;1H. The number of benzene rings is 1. The Kier molecular flexibility index (Phi) is 8.51. The van der Waals surface area contributed by atoms with Gasteiger partial charge in [-0.2, -0.15) is 0 Å². The average Bonchev–Trinajstić information content (AvgIpc) is 2.54. The summed E-state index contributed by atoms with van der Waals surface area (Å²) < 4.78 is 0. The number of carbonyl (C=O) groups excluding carboxylic acids is 1. The summed E-state index contributed by atoms with van der Waals surface area (Å²) in [5.41, 5.74) is 2.15. The van der Waals surface area contributed by atoms with Gasteiger partial charge in [0.2, 0.25) is 0 Å². The van der Waals surface area contributed by atoms with Gasteiger partial charge in [0.15, 0.2) is 0 Å². The van der Waals surface area contributed by atoms with Crippen LogP contribution in [0.25, 0.3) is 0 Å². The summed E-state index contributed by atoms with van der Waals surface area (Å²) >= 11 is 0. The number of carbonyl (C=O) groups is 1. The van der Waals surface area contributed by atoms with Gasteiger partial charge in [-0.25, -0.2) is 0 Å². The molecule has 1 aliphatic rings. The Morgan fingerprint density at radius 2 is 1.82 bits per heavy atom. The minimum absolute atomic E-state index is 0. The summed E-state index contributed by atoms with van der Waals surface area (Å²) in [6.07, 6.45) is 4.47. The number of halogens is 1. The number of nitrogens with zero attached hydrogens (tertiary/aromatic N) is 1. The van der Waals surface area contributed by atoms with Gasteiger partial charge in [-0.1, -0.05) is 32.4 Å². The van der Waals surface area contributed by atoms with E-state index in [0.717, 1.165) is 63.3 Å². The minimum Gasteiger partial charge on any atom is -0.339 e. The van der Waals surface area contributed by atoms with E-state index in [1.807, 2.05) is 17.0 Å². The highest BCUT2D eigenvalue weighted by Crippen LogP contribution is 2.19. The SMILES string of the molecule is CCCc1ccc(C(=O)N2CCC(CNCC)CC2)cc1.Cl. The molecule has 0 radical (unpaired) electrons. The lowest BCUT2D eigenvalue weighted by molar-refractivity contribution is 0.0690. The van der Waals surface area contributed by atoms with Gasteiger partial charge in [-0.15, -0.1) is 12.4 Å². The van der Waals surface area contributed by atoms with E-state index in [0.29, 0.717) is 0 Å². The first-order valence-corrected chi connectivity index (χ1v) is 8.33. The van der Waals surface area contributed by atoms with Crippen LogP contribution in [0, 0.1) is 5.92 Å². The molecule has 1 amide bonds. The van der Waals surface area contributed by atoms with Crippen LogP contribution in [-0.4, -0.2) is 37.0 Å². The van der Waals surface area contributed by atoms with Crippen LogP contribution in [0.3, 0.4) is 0 Å². The number of amides is 1. The predicted octanol–water partition coefficient (Wildman–Crippen LogP) is 3.52. The Morgan fingerprint density at radius 3 is 2.36 bits per heavy atom. The van der Waals surface area contributed by atoms with Gasteiger partial charge in [0.25, 0.3) is 5.91 Å². The summed E-state index contributed by atoms with van der Waals surface area (Å²) in [5, 5.41) is 3.41. The maximum atomic E-state index is 12.5. The molecular weight excluding hydrogens is 296 g/mol. The summed E-state index contributed by atoms with van der Waals surface area (Å²) in [5.74, 6) is 0.917. The van der Waals surface area contributed by atoms with Crippen molar-refractivity contribution in [3.63, 3.8) is 0 Å². The second-order valence-corrected chi connectivity index (χ2v) is 5.99. The molecule has 0 spiro atoms. The van der Waals surface area contributed by atoms with Crippen LogP contribution < -0.4 is 5.32 Å². The van der Waals surface area contributed by atoms with Crippen molar-refractivity contribution >= 4 is 18.3 Å². The first-order chi connectivity index (χ1) is 10.2. The molecule has 0 aromatic heterocycles. The second kappa shape index (κ2) is 9.86. The molecule has 0 aliphatic carbocycles. The molecule has 1 heterocycles. The van der Waals surface area contributed by atoms with E-state index in [4.69, 9.17) is 0 Å². The third kappa shape index (κ3) is 5.29. The average molecular weight is 325 g/mol. The van der Waals surface area contributed by atoms with Gasteiger partial charge in [0, 0.05) is 18.7 Å². The third-order valence-electron chi connectivity index (χ3n) is 4.32. The van der Waals surface area contributed by atoms with Crippen molar-refractivity contribution in [3.05, 3.63) is 35.4 Å². The fraction of sp³-hybridized carbons (Fsp3) is 0.611. The Hall–Kier alpha value is -1.06. The summed E-state index contributed by atoms with van der Waals surface area (Å²) in [7, 11) is 0. The number of likely N-dealkylation sites (tertiary alicyclic amines) is 1. The molecule has 1 aromatic carbocycles. The van der Waals surface area contributed by atoms with Gasteiger partial charge >= 0.3 is 0 Å². The van der Waals surface area contributed by atoms with Crippen molar-refractivity contribution in [1.82, 2.24) is 10.2 Å². The molecule has 1 N–H and O–H groups in total. The number of aryl methyl sites for hydroxylation is 1. The Balaban J connectivity index is 0.00000242. The predicted molar refractivity (Wildman–Crippen MR) is 94.9 cm³/mol. The maximum Gasteiger partial charge on any atom is 0.253 e. The zero-order valence-electron chi connectivity index (χ0n) is 13.8. The van der Waals surface area contributed by atoms with Crippen LogP contribution in [0.5, 0.6) is 0 Å². The van der Waals surface area contributed by atoms with Gasteiger partial charge in [0.1, 0.15) is 0 Å². The van der Waals surface area contributed by atoms with E-state index in [1.54, 1.807) is 0 Å². The van der Waals surface area contributed by atoms with Crippen LogP contribution >= 0.6 is 12.4 Å². The van der Waals surface area contributed by atoms with Crippen molar-refractivity contribution in [2.45, 2.75) is 39.5 Å². The zero-order chi connectivity index (χ0) is 15.1. The van der Waals surface area contributed by atoms with Crippen molar-refractivity contribution in [2.75, 3.05) is 26.2 Å². The van der Waals surface area contributed by atoms with E-state index < -0.39 is 0 Å². The van der Waals surface area contributed by atoms with E-state index in [9.17, 15) is 4.79 Å². The number of rotatable bonds is 6. The molecule has 0 bridgehead atoms. The van der Waals surface area contributed by atoms with Crippen molar-refractivity contribution in [3.8, 4) is 0 Å². The molecule has 1 aliphatic heterocycles. The Morgan fingerprint density at radius 1 is 1.18 bits per heavy atom. The van der Waals surface area contributed by atoms with Crippen molar-refractivity contribution < 1.29 is 4.79 Å². The van der Waals surface area contributed by atoms with Gasteiger partial charge in [-0.3, -0.25) is 4.79 Å². The zero-order valence-corrected chi connectivity index (χ0v) is 14.6. The Bertz CT molecular complexity index is 439.